The fraction of sp³-hybridized carbons (Fsp3) is 0. The molecule has 1 aromatic rings. The van der Waals surface area contributed by atoms with Crippen molar-refractivity contribution < 1.29 is 13.2 Å². The number of rotatable bonds is 3. The first-order valence-corrected chi connectivity index (χ1v) is 5.41. The summed E-state index contributed by atoms with van der Waals surface area (Å²) in [6.45, 7) is 0. The number of carbonyl (C=O) groups excluding carboxylic acids is 1. The molecule has 2 amide bonds. The number of primary amides is 1. The van der Waals surface area contributed by atoms with Gasteiger partial charge in [-0.2, -0.15) is 0 Å². The first-order valence-electron chi connectivity index (χ1n) is 3.93. The van der Waals surface area contributed by atoms with Crippen molar-refractivity contribution in [2.24, 2.45) is 10.8 Å². The Morgan fingerprint density at radius 3 is 2.38 bits per heavy atom. The zero-order valence-electron chi connectivity index (χ0n) is 7.86. The summed E-state index contributed by atoms with van der Waals surface area (Å²) >= 11 is 0. The van der Waals surface area contributed by atoms with Crippen molar-refractivity contribution in [2.45, 2.75) is 4.90 Å². The number of benzene rings is 1. The van der Waals surface area contributed by atoms with Crippen LogP contribution in [0, 0.1) is 0 Å². The highest BCUT2D eigenvalue weighted by atomic mass is 32.2. The van der Waals surface area contributed by atoms with E-state index < -0.39 is 16.1 Å². The number of urea groups is 1. The summed E-state index contributed by atoms with van der Waals surface area (Å²) in [5.41, 5.74) is 13.1. The molecule has 0 unspecified atom stereocenters. The van der Waals surface area contributed by atoms with Crippen LogP contribution in [0.25, 0.3) is 10.4 Å². The Morgan fingerprint density at radius 1 is 1.38 bits per heavy atom. The lowest BCUT2D eigenvalue weighted by Gasteiger charge is -2.03. The first kappa shape index (κ1) is 11.8. The van der Waals surface area contributed by atoms with Crippen LogP contribution >= 0.6 is 0 Å². The van der Waals surface area contributed by atoms with Gasteiger partial charge in [0.1, 0.15) is 0 Å². The van der Waals surface area contributed by atoms with Crippen LogP contribution in [-0.2, 0) is 10.0 Å². The third-order valence-corrected chi connectivity index (χ3v) is 2.90. The Hall–Kier alpha value is -2.25. The highest BCUT2D eigenvalue weighted by Gasteiger charge is 2.14. The number of nitrogens with zero attached hydrogens (tertiary/aromatic N) is 3. The zero-order chi connectivity index (χ0) is 12.2. The second-order valence-corrected chi connectivity index (χ2v) is 4.34. The van der Waals surface area contributed by atoms with Crippen molar-refractivity contribution in [3.8, 4) is 0 Å². The summed E-state index contributed by atoms with van der Waals surface area (Å²) in [6, 6.07) is 3.81. The predicted molar refractivity (Wildman–Crippen MR) is 55.2 cm³/mol. The minimum Gasteiger partial charge on any atom is -0.351 e. The molecule has 0 aliphatic rings. The number of amides is 2. The van der Waals surface area contributed by atoms with Gasteiger partial charge in [-0.05, 0) is 17.7 Å². The van der Waals surface area contributed by atoms with Crippen molar-refractivity contribution in [2.75, 3.05) is 0 Å². The molecular weight excluding hydrogens is 234 g/mol. The monoisotopic (exact) mass is 241 g/mol. The van der Waals surface area contributed by atoms with Crippen molar-refractivity contribution >= 4 is 21.7 Å². The average Bonchev–Trinajstić information content (AvgIpc) is 2.17. The summed E-state index contributed by atoms with van der Waals surface area (Å²) in [6.07, 6.45) is 0. The van der Waals surface area contributed by atoms with Gasteiger partial charge in [0.05, 0.1) is 4.90 Å². The molecule has 8 nitrogen and oxygen atoms in total. The normalized spacial score (nSPS) is 10.2. The molecule has 1 rings (SSSR count). The first-order chi connectivity index (χ1) is 7.45. The van der Waals surface area contributed by atoms with E-state index in [0.717, 1.165) is 0 Å². The maximum atomic E-state index is 11.4. The van der Waals surface area contributed by atoms with Crippen molar-refractivity contribution in [1.29, 1.82) is 0 Å². The van der Waals surface area contributed by atoms with E-state index in [9.17, 15) is 13.2 Å². The van der Waals surface area contributed by atoms with Crippen LogP contribution in [0.5, 0.6) is 0 Å². The van der Waals surface area contributed by atoms with Crippen molar-refractivity contribution in [3.05, 3.63) is 34.7 Å². The maximum absolute atomic E-state index is 11.4. The van der Waals surface area contributed by atoms with Crippen LogP contribution in [0.3, 0.4) is 0 Å². The summed E-state index contributed by atoms with van der Waals surface area (Å²) in [4.78, 5) is 12.8. The van der Waals surface area contributed by atoms with Crippen LogP contribution < -0.4 is 10.5 Å². The molecular formula is C7H7N5O3S. The third kappa shape index (κ3) is 2.87. The number of azide groups is 1. The van der Waals surface area contributed by atoms with Crippen LogP contribution in [-0.4, -0.2) is 14.4 Å². The number of nitrogens with two attached hydrogens (primary N) is 1. The summed E-state index contributed by atoms with van der Waals surface area (Å²) in [7, 11) is -3.95. The van der Waals surface area contributed by atoms with Crippen LogP contribution in [0.2, 0.25) is 0 Å². The molecule has 84 valence electrons. The van der Waals surface area contributed by atoms with E-state index >= 15 is 0 Å². The smallest absolute Gasteiger partial charge is 0.326 e. The van der Waals surface area contributed by atoms with Gasteiger partial charge in [-0.1, -0.05) is 17.2 Å². The van der Waals surface area contributed by atoms with Gasteiger partial charge in [-0.25, -0.2) is 17.9 Å². The van der Waals surface area contributed by atoms with Gasteiger partial charge >= 0.3 is 6.03 Å². The topological polar surface area (TPSA) is 138 Å². The molecule has 0 aromatic heterocycles. The van der Waals surface area contributed by atoms with Gasteiger partial charge < -0.3 is 5.73 Å². The van der Waals surface area contributed by atoms with E-state index in [-0.39, 0.29) is 10.6 Å². The fourth-order valence-electron chi connectivity index (χ4n) is 0.935. The van der Waals surface area contributed by atoms with Crippen LogP contribution in [0.1, 0.15) is 0 Å². The minimum atomic E-state index is -3.95. The quantitative estimate of drug-likeness (QED) is 0.463. The molecule has 3 N–H and O–H groups in total. The summed E-state index contributed by atoms with van der Waals surface area (Å²) in [5.74, 6) is 0. The summed E-state index contributed by atoms with van der Waals surface area (Å²) in [5, 5.41) is 3.26. The molecule has 0 atom stereocenters. The van der Waals surface area contributed by atoms with E-state index in [1.54, 1.807) is 4.72 Å². The number of carbonyl (C=O) groups is 1. The maximum Gasteiger partial charge on any atom is 0.326 e. The molecule has 16 heavy (non-hydrogen) atoms. The zero-order valence-corrected chi connectivity index (χ0v) is 8.68. The summed E-state index contributed by atoms with van der Waals surface area (Å²) < 4.78 is 24.4. The molecule has 0 spiro atoms. The van der Waals surface area contributed by atoms with Gasteiger partial charge in [0.2, 0.25) is 0 Å². The lowest BCUT2D eigenvalue weighted by Crippen LogP contribution is -2.34. The average molecular weight is 241 g/mol. The van der Waals surface area contributed by atoms with E-state index in [2.05, 4.69) is 10.0 Å². The number of sulfonamides is 1. The lowest BCUT2D eigenvalue weighted by atomic mass is 10.3. The molecule has 0 radical (unpaired) electrons. The largest absolute Gasteiger partial charge is 0.351 e. The molecule has 0 aliphatic heterocycles. The van der Waals surface area contributed by atoms with Gasteiger partial charge in [0, 0.05) is 10.6 Å². The van der Waals surface area contributed by atoms with Crippen molar-refractivity contribution in [3.63, 3.8) is 0 Å². The Morgan fingerprint density at radius 2 is 1.94 bits per heavy atom. The molecule has 0 heterocycles. The Balaban J connectivity index is 3.06. The highest BCUT2D eigenvalue weighted by molar-refractivity contribution is 7.90. The molecule has 1 aromatic carbocycles. The van der Waals surface area contributed by atoms with Gasteiger partial charge in [0.25, 0.3) is 10.0 Å². The van der Waals surface area contributed by atoms with E-state index in [4.69, 9.17) is 11.3 Å². The standard InChI is InChI=1S/C7H7N5O3S/c8-7(13)11-16(14,15)6-3-1-5(2-4-6)10-12-9/h1-4H,(H3,8,11,13). The van der Waals surface area contributed by atoms with Gasteiger partial charge in [0.15, 0.2) is 0 Å². The molecule has 0 saturated carbocycles. The van der Waals surface area contributed by atoms with E-state index in [0.29, 0.717) is 0 Å². The second kappa shape index (κ2) is 4.51. The van der Waals surface area contributed by atoms with Gasteiger partial charge in [-0.3, -0.25) is 0 Å². The van der Waals surface area contributed by atoms with Crippen LogP contribution in [0.15, 0.2) is 34.3 Å². The van der Waals surface area contributed by atoms with E-state index in [1.165, 1.54) is 24.3 Å². The Labute approximate surface area is 90.7 Å². The number of hydrogen-bond acceptors (Lipinski definition) is 4. The molecule has 0 bridgehead atoms. The molecule has 0 fully saturated rings. The Kier molecular flexibility index (Phi) is 3.33. The van der Waals surface area contributed by atoms with Crippen LogP contribution in [0.4, 0.5) is 10.5 Å². The Bertz CT molecular complexity index is 544. The minimum absolute atomic E-state index is 0.150. The predicted octanol–water partition coefficient (Wildman–Crippen LogP) is 0.985. The highest BCUT2D eigenvalue weighted by Crippen LogP contribution is 2.16. The second-order valence-electron chi connectivity index (χ2n) is 2.65. The number of hydrogen-bond donors (Lipinski definition) is 2. The number of nitrogens with one attached hydrogen (secondary N) is 1. The van der Waals surface area contributed by atoms with Gasteiger partial charge in [-0.15, -0.1) is 0 Å². The lowest BCUT2D eigenvalue weighted by molar-refractivity contribution is 0.253. The molecule has 0 aliphatic carbocycles. The SMILES string of the molecule is [N-]=[N+]=Nc1ccc(S(=O)(=O)NC(N)=O)cc1. The molecule has 9 heteroatoms. The van der Waals surface area contributed by atoms with E-state index in [1.807, 2.05) is 0 Å². The third-order valence-electron chi connectivity index (χ3n) is 1.54. The fourth-order valence-corrected chi connectivity index (χ4v) is 1.81. The molecule has 0 saturated heterocycles. The van der Waals surface area contributed by atoms with Crippen molar-refractivity contribution in [1.82, 2.24) is 4.72 Å².